The summed E-state index contributed by atoms with van der Waals surface area (Å²) in [6.07, 6.45) is -2.83. The zero-order valence-corrected chi connectivity index (χ0v) is 15.1. The minimum Gasteiger partial charge on any atom is -0.465 e. The number of methoxy groups -OCH3 is 1. The van der Waals surface area contributed by atoms with Crippen molar-refractivity contribution in [3.05, 3.63) is 29.3 Å². The summed E-state index contributed by atoms with van der Waals surface area (Å²) in [5.41, 5.74) is -1.46. The number of nitrogens with one attached hydrogen (secondary N) is 1. The standard InChI is InChI=1S/C18H22F3NO5/c1-11(27-10-13-5-3-4-8-26-13)16(23)22-15-9-12(18(19,20)21)6-7-14(15)17(24)25-2/h6-7,9,11,13H,3-5,8,10H2,1-2H3,(H,22,23). The van der Waals surface area contributed by atoms with Crippen molar-refractivity contribution in [3.63, 3.8) is 0 Å². The molecule has 0 spiro atoms. The van der Waals surface area contributed by atoms with E-state index in [4.69, 9.17) is 9.47 Å². The van der Waals surface area contributed by atoms with Crippen molar-refractivity contribution in [1.29, 1.82) is 0 Å². The summed E-state index contributed by atoms with van der Waals surface area (Å²) in [4.78, 5) is 24.1. The number of esters is 1. The lowest BCUT2D eigenvalue weighted by molar-refractivity contribution is -0.137. The fraction of sp³-hybridized carbons (Fsp3) is 0.556. The molecule has 1 saturated heterocycles. The number of carbonyl (C=O) groups excluding carboxylic acids is 2. The van der Waals surface area contributed by atoms with Crippen LogP contribution in [0.1, 0.15) is 42.1 Å². The highest BCUT2D eigenvalue weighted by atomic mass is 19.4. The largest absolute Gasteiger partial charge is 0.465 e. The fourth-order valence-electron chi connectivity index (χ4n) is 2.61. The van der Waals surface area contributed by atoms with Gasteiger partial charge in [-0.2, -0.15) is 13.2 Å². The molecule has 27 heavy (non-hydrogen) atoms. The summed E-state index contributed by atoms with van der Waals surface area (Å²) in [6, 6.07) is 2.41. The Labute approximate surface area is 155 Å². The van der Waals surface area contributed by atoms with E-state index in [0.29, 0.717) is 12.7 Å². The number of rotatable bonds is 6. The molecule has 0 aliphatic carbocycles. The van der Waals surface area contributed by atoms with E-state index in [0.717, 1.165) is 38.5 Å². The Kier molecular flexibility index (Phi) is 7.20. The van der Waals surface area contributed by atoms with Crippen LogP contribution in [0.25, 0.3) is 0 Å². The lowest BCUT2D eigenvalue weighted by Gasteiger charge is -2.24. The van der Waals surface area contributed by atoms with Crippen LogP contribution >= 0.6 is 0 Å². The average Bonchev–Trinajstić information content (AvgIpc) is 2.65. The van der Waals surface area contributed by atoms with Crippen LogP contribution < -0.4 is 5.32 Å². The second kappa shape index (κ2) is 9.18. The normalized spacial score (nSPS) is 18.6. The molecule has 0 aromatic heterocycles. The lowest BCUT2D eigenvalue weighted by atomic mass is 10.1. The van der Waals surface area contributed by atoms with E-state index in [-0.39, 0.29) is 24.0 Å². The number of amides is 1. The van der Waals surface area contributed by atoms with Crippen molar-refractivity contribution in [2.45, 2.75) is 44.6 Å². The number of ether oxygens (including phenoxy) is 3. The van der Waals surface area contributed by atoms with E-state index in [1.807, 2.05) is 0 Å². The van der Waals surface area contributed by atoms with Gasteiger partial charge < -0.3 is 19.5 Å². The minimum atomic E-state index is -4.62. The van der Waals surface area contributed by atoms with E-state index in [9.17, 15) is 22.8 Å². The molecule has 2 atom stereocenters. The first-order chi connectivity index (χ1) is 12.7. The number of hydrogen-bond donors (Lipinski definition) is 1. The number of halogens is 3. The van der Waals surface area contributed by atoms with Crippen molar-refractivity contribution in [2.24, 2.45) is 0 Å². The quantitative estimate of drug-likeness (QED) is 0.755. The molecule has 1 heterocycles. The van der Waals surface area contributed by atoms with Crippen molar-refractivity contribution in [3.8, 4) is 0 Å². The van der Waals surface area contributed by atoms with Gasteiger partial charge in [0, 0.05) is 6.61 Å². The lowest BCUT2D eigenvalue weighted by Crippen LogP contribution is -2.33. The molecule has 1 fully saturated rings. The van der Waals surface area contributed by atoms with Gasteiger partial charge in [0.1, 0.15) is 6.10 Å². The van der Waals surface area contributed by atoms with E-state index in [1.54, 1.807) is 0 Å². The molecule has 150 valence electrons. The van der Waals surface area contributed by atoms with Crippen LogP contribution in [-0.4, -0.2) is 44.4 Å². The Morgan fingerprint density at radius 3 is 2.67 bits per heavy atom. The molecule has 6 nitrogen and oxygen atoms in total. The minimum absolute atomic E-state index is 0.104. The molecule has 0 bridgehead atoms. The summed E-state index contributed by atoms with van der Waals surface area (Å²) in [5.74, 6) is -1.53. The summed E-state index contributed by atoms with van der Waals surface area (Å²) in [6.45, 7) is 2.33. The van der Waals surface area contributed by atoms with Crippen molar-refractivity contribution in [1.82, 2.24) is 0 Å². The van der Waals surface area contributed by atoms with Gasteiger partial charge in [0.2, 0.25) is 0 Å². The van der Waals surface area contributed by atoms with Crippen molar-refractivity contribution >= 4 is 17.6 Å². The van der Waals surface area contributed by atoms with Crippen LogP contribution in [0.15, 0.2) is 18.2 Å². The number of carbonyl (C=O) groups is 2. The highest BCUT2D eigenvalue weighted by Crippen LogP contribution is 2.32. The third-order valence-electron chi connectivity index (χ3n) is 4.19. The Bertz CT molecular complexity index is 671. The molecular weight excluding hydrogens is 367 g/mol. The third kappa shape index (κ3) is 5.93. The van der Waals surface area contributed by atoms with Crippen LogP contribution in [0.3, 0.4) is 0 Å². The molecule has 1 aliphatic heterocycles. The molecule has 1 aliphatic rings. The van der Waals surface area contributed by atoms with Gasteiger partial charge in [-0.25, -0.2) is 4.79 Å². The molecule has 2 unspecified atom stereocenters. The topological polar surface area (TPSA) is 73.9 Å². The molecule has 0 radical (unpaired) electrons. The van der Waals surface area contributed by atoms with Crippen LogP contribution in [0.5, 0.6) is 0 Å². The third-order valence-corrected chi connectivity index (χ3v) is 4.19. The molecule has 1 aromatic carbocycles. The molecule has 1 amide bonds. The summed E-state index contributed by atoms with van der Waals surface area (Å²) >= 11 is 0. The maximum Gasteiger partial charge on any atom is 0.416 e. The monoisotopic (exact) mass is 389 g/mol. The Morgan fingerprint density at radius 1 is 1.33 bits per heavy atom. The van der Waals surface area contributed by atoms with Crippen LogP contribution in [0, 0.1) is 0 Å². The van der Waals surface area contributed by atoms with E-state index in [1.165, 1.54) is 6.92 Å². The van der Waals surface area contributed by atoms with Gasteiger partial charge in [0.05, 0.1) is 36.6 Å². The molecule has 2 rings (SSSR count). The van der Waals surface area contributed by atoms with Crippen LogP contribution in [0.4, 0.5) is 18.9 Å². The SMILES string of the molecule is COC(=O)c1ccc(C(F)(F)F)cc1NC(=O)C(C)OCC1CCCCO1. The maximum atomic E-state index is 12.9. The Morgan fingerprint density at radius 2 is 2.07 bits per heavy atom. The predicted octanol–water partition coefficient (Wildman–Crippen LogP) is 3.40. The van der Waals surface area contributed by atoms with E-state index >= 15 is 0 Å². The predicted molar refractivity (Wildman–Crippen MR) is 90.4 cm³/mol. The van der Waals surface area contributed by atoms with Gasteiger partial charge in [0.15, 0.2) is 0 Å². The van der Waals surface area contributed by atoms with Gasteiger partial charge in [-0.1, -0.05) is 0 Å². The Hall–Kier alpha value is -2.13. The second-order valence-corrected chi connectivity index (χ2v) is 6.20. The number of benzene rings is 1. The summed E-state index contributed by atoms with van der Waals surface area (Å²) < 4.78 is 54.3. The average molecular weight is 389 g/mol. The van der Waals surface area contributed by atoms with Crippen LogP contribution in [0.2, 0.25) is 0 Å². The van der Waals surface area contributed by atoms with Crippen molar-refractivity contribution < 1.29 is 37.0 Å². The van der Waals surface area contributed by atoms with E-state index in [2.05, 4.69) is 10.1 Å². The number of hydrogen-bond acceptors (Lipinski definition) is 5. The van der Waals surface area contributed by atoms with Gasteiger partial charge >= 0.3 is 12.1 Å². The summed E-state index contributed by atoms with van der Waals surface area (Å²) in [5, 5.41) is 2.32. The number of anilines is 1. The number of alkyl halides is 3. The maximum absolute atomic E-state index is 12.9. The zero-order valence-electron chi connectivity index (χ0n) is 15.1. The first-order valence-electron chi connectivity index (χ1n) is 8.56. The first-order valence-corrected chi connectivity index (χ1v) is 8.56. The second-order valence-electron chi connectivity index (χ2n) is 6.20. The fourth-order valence-corrected chi connectivity index (χ4v) is 2.61. The zero-order chi connectivity index (χ0) is 20.0. The Balaban J connectivity index is 2.08. The smallest absolute Gasteiger partial charge is 0.416 e. The molecular formula is C18H22F3NO5. The van der Waals surface area contributed by atoms with Gasteiger partial charge in [-0.05, 0) is 44.4 Å². The molecule has 1 aromatic rings. The van der Waals surface area contributed by atoms with Crippen LogP contribution in [-0.2, 0) is 25.2 Å². The van der Waals surface area contributed by atoms with E-state index < -0.39 is 29.7 Å². The van der Waals surface area contributed by atoms with Gasteiger partial charge in [-0.15, -0.1) is 0 Å². The first kappa shape index (κ1) is 21.2. The molecule has 1 N–H and O–H groups in total. The van der Waals surface area contributed by atoms with Crippen molar-refractivity contribution in [2.75, 3.05) is 25.6 Å². The van der Waals surface area contributed by atoms with Gasteiger partial charge in [0.25, 0.3) is 5.91 Å². The molecule has 0 saturated carbocycles. The van der Waals surface area contributed by atoms with Gasteiger partial charge in [-0.3, -0.25) is 4.79 Å². The highest BCUT2D eigenvalue weighted by molar-refractivity contribution is 6.02. The highest BCUT2D eigenvalue weighted by Gasteiger charge is 2.32. The summed E-state index contributed by atoms with van der Waals surface area (Å²) in [7, 11) is 1.10. The molecule has 9 heteroatoms.